The Hall–Kier alpha value is -3.50. The highest BCUT2D eigenvalue weighted by Crippen LogP contribution is 2.45. The fraction of sp³-hybridized carbons (Fsp3) is 0.797. The van der Waals surface area contributed by atoms with E-state index >= 15 is 0 Å². The van der Waals surface area contributed by atoms with E-state index in [0.29, 0.717) is 32.1 Å². The summed E-state index contributed by atoms with van der Waals surface area (Å²) in [7, 11) is -9.95. The monoisotopic (exact) mass is 1420 g/mol. The lowest BCUT2D eigenvalue weighted by molar-refractivity contribution is -0.161. The highest BCUT2D eigenvalue weighted by molar-refractivity contribution is 7.47. The zero-order chi connectivity index (χ0) is 71.8. The number of phosphoric acid groups is 2. The average molecular weight is 1430 g/mol. The number of allylic oxidation sites excluding steroid dienone is 12. The minimum absolute atomic E-state index is 0.0403. The number of rotatable bonds is 74. The summed E-state index contributed by atoms with van der Waals surface area (Å²) in [5, 5.41) is 10.6. The molecule has 2 unspecified atom stereocenters. The standard InChI is InChI=1S/C79H142O17P2/c1-5-9-13-17-21-25-29-33-34-35-36-37-38-42-44-48-52-56-60-64-77(82)90-70-75(96-79(84)66-62-58-54-50-46-41-32-28-24-20-16-12-8-4)72-94-98(87,88)92-68-73(80)67-91-97(85,86)93-71-74(95-78(83)65-61-57-53-49-45-40-31-27-23-19-15-11-7-3)69-89-76(81)63-59-55-51-47-43-39-30-26-22-18-14-10-6-2/h9,13,21,25,33-34,36-37,42,44,52,56,73-75,80H,5-8,10-12,14-20,22-24,26-32,35,38-41,43,45-51,53-55,57-72H2,1-4H3,(H,85,86)(H,87,88)/b13-9-,25-21-,34-33-,37-36-,44-42-,56-52-/t73-,74+,75+/m0/s1. The van der Waals surface area contributed by atoms with Crippen LogP contribution >= 0.6 is 15.6 Å². The second kappa shape index (κ2) is 71.9. The highest BCUT2D eigenvalue weighted by atomic mass is 31.2. The summed E-state index contributed by atoms with van der Waals surface area (Å²) in [4.78, 5) is 72.8. The maximum atomic E-state index is 13.1. The summed E-state index contributed by atoms with van der Waals surface area (Å²) < 4.78 is 68.4. The fourth-order valence-electron chi connectivity index (χ4n) is 10.8. The van der Waals surface area contributed by atoms with Crippen LogP contribution in [-0.2, 0) is 65.4 Å². The van der Waals surface area contributed by atoms with Crippen LogP contribution in [-0.4, -0.2) is 96.7 Å². The van der Waals surface area contributed by atoms with Crippen LogP contribution in [0, 0.1) is 0 Å². The average Bonchev–Trinajstić information content (AvgIpc) is 0.966. The molecule has 0 aliphatic carbocycles. The molecule has 0 aliphatic heterocycles. The van der Waals surface area contributed by atoms with Gasteiger partial charge in [0.15, 0.2) is 12.2 Å². The second-order valence-corrected chi connectivity index (χ2v) is 29.2. The van der Waals surface area contributed by atoms with Crippen LogP contribution in [0.25, 0.3) is 0 Å². The molecule has 0 saturated carbocycles. The fourth-order valence-corrected chi connectivity index (χ4v) is 12.4. The zero-order valence-corrected chi connectivity index (χ0v) is 64.0. The van der Waals surface area contributed by atoms with Crippen LogP contribution in [0.1, 0.15) is 349 Å². The summed E-state index contributed by atoms with van der Waals surface area (Å²) >= 11 is 0. The third-order valence-corrected chi connectivity index (χ3v) is 18.6. The summed E-state index contributed by atoms with van der Waals surface area (Å²) in [5.41, 5.74) is 0. The molecule has 0 fully saturated rings. The van der Waals surface area contributed by atoms with Crippen LogP contribution < -0.4 is 0 Å². The van der Waals surface area contributed by atoms with Gasteiger partial charge in [-0.05, 0) is 64.2 Å². The summed E-state index contributed by atoms with van der Waals surface area (Å²) in [6.45, 7) is 4.73. The molecule has 3 N–H and O–H groups in total. The number of unbranched alkanes of at least 4 members (excludes halogenated alkanes) is 36. The quantitative estimate of drug-likeness (QED) is 0.0169. The molecule has 0 aromatic rings. The molecule has 98 heavy (non-hydrogen) atoms. The van der Waals surface area contributed by atoms with Crippen molar-refractivity contribution in [1.82, 2.24) is 0 Å². The molecular weight excluding hydrogens is 1280 g/mol. The predicted molar refractivity (Wildman–Crippen MR) is 400 cm³/mol. The van der Waals surface area contributed by atoms with Gasteiger partial charge >= 0.3 is 39.5 Å². The molecule has 0 spiro atoms. The van der Waals surface area contributed by atoms with Crippen molar-refractivity contribution in [3.8, 4) is 0 Å². The largest absolute Gasteiger partial charge is 0.472 e. The predicted octanol–water partition coefficient (Wildman–Crippen LogP) is 22.4. The molecule has 0 aliphatic rings. The van der Waals surface area contributed by atoms with Crippen LogP contribution in [0.2, 0.25) is 0 Å². The topological polar surface area (TPSA) is 237 Å². The molecule has 0 rings (SSSR count). The molecular formula is C79H142O17P2. The van der Waals surface area contributed by atoms with Crippen LogP contribution in [0.3, 0.4) is 0 Å². The number of hydrogen-bond acceptors (Lipinski definition) is 15. The van der Waals surface area contributed by atoms with Crippen molar-refractivity contribution in [2.45, 2.75) is 367 Å². The summed E-state index contributed by atoms with van der Waals surface area (Å²) in [6.07, 6.45) is 71.9. The van der Waals surface area contributed by atoms with Crippen molar-refractivity contribution in [1.29, 1.82) is 0 Å². The Morgan fingerprint density at radius 2 is 0.531 bits per heavy atom. The van der Waals surface area contributed by atoms with Gasteiger partial charge in [-0.2, -0.15) is 0 Å². The molecule has 0 saturated heterocycles. The van der Waals surface area contributed by atoms with E-state index in [1.54, 1.807) is 0 Å². The summed E-state index contributed by atoms with van der Waals surface area (Å²) in [5.74, 6) is -2.24. The Morgan fingerprint density at radius 3 is 0.816 bits per heavy atom. The van der Waals surface area contributed by atoms with Gasteiger partial charge in [0, 0.05) is 25.7 Å². The first-order chi connectivity index (χ1) is 47.7. The number of aliphatic hydroxyl groups is 1. The van der Waals surface area contributed by atoms with Gasteiger partial charge in [-0.1, -0.05) is 332 Å². The smallest absolute Gasteiger partial charge is 0.462 e. The molecule has 0 aromatic heterocycles. The Labute approximate surface area is 596 Å². The van der Waals surface area contributed by atoms with Crippen molar-refractivity contribution in [3.05, 3.63) is 72.9 Å². The van der Waals surface area contributed by atoms with Gasteiger partial charge in [-0.25, -0.2) is 9.13 Å². The van der Waals surface area contributed by atoms with Gasteiger partial charge < -0.3 is 33.8 Å². The van der Waals surface area contributed by atoms with Gasteiger partial charge in [-0.3, -0.25) is 37.3 Å². The van der Waals surface area contributed by atoms with Crippen LogP contribution in [0.15, 0.2) is 72.9 Å². The summed E-state index contributed by atoms with van der Waals surface area (Å²) in [6, 6.07) is 0. The lowest BCUT2D eigenvalue weighted by atomic mass is 10.0. The first kappa shape index (κ1) is 94.5. The maximum Gasteiger partial charge on any atom is 0.472 e. The van der Waals surface area contributed by atoms with Gasteiger partial charge in [0.1, 0.15) is 19.3 Å². The molecule has 17 nitrogen and oxygen atoms in total. The zero-order valence-electron chi connectivity index (χ0n) is 62.2. The first-order valence-electron chi connectivity index (χ1n) is 39.2. The van der Waals surface area contributed by atoms with E-state index in [-0.39, 0.29) is 25.7 Å². The van der Waals surface area contributed by atoms with Crippen LogP contribution in [0.4, 0.5) is 0 Å². The van der Waals surface area contributed by atoms with E-state index in [0.717, 1.165) is 103 Å². The number of esters is 4. The van der Waals surface area contributed by atoms with E-state index in [1.807, 2.05) is 12.2 Å². The van der Waals surface area contributed by atoms with Crippen molar-refractivity contribution < 1.29 is 80.2 Å². The van der Waals surface area contributed by atoms with Gasteiger partial charge in [0.25, 0.3) is 0 Å². The van der Waals surface area contributed by atoms with Crippen molar-refractivity contribution in [3.63, 3.8) is 0 Å². The first-order valence-corrected chi connectivity index (χ1v) is 42.2. The van der Waals surface area contributed by atoms with Crippen molar-refractivity contribution in [2.75, 3.05) is 39.6 Å². The Bertz CT molecular complexity index is 2140. The van der Waals surface area contributed by atoms with E-state index in [1.165, 1.54) is 161 Å². The van der Waals surface area contributed by atoms with E-state index in [4.69, 9.17) is 37.0 Å². The van der Waals surface area contributed by atoms with E-state index < -0.39 is 97.5 Å². The van der Waals surface area contributed by atoms with Crippen molar-refractivity contribution in [2.24, 2.45) is 0 Å². The lowest BCUT2D eigenvalue weighted by Crippen LogP contribution is -2.30. The molecule has 0 heterocycles. The van der Waals surface area contributed by atoms with E-state index in [2.05, 4.69) is 88.5 Å². The van der Waals surface area contributed by atoms with Gasteiger partial charge in [0.05, 0.1) is 26.4 Å². The number of hydrogen-bond donors (Lipinski definition) is 3. The van der Waals surface area contributed by atoms with Crippen LogP contribution in [0.5, 0.6) is 0 Å². The Morgan fingerprint density at radius 1 is 0.296 bits per heavy atom. The molecule has 0 aromatic carbocycles. The lowest BCUT2D eigenvalue weighted by Gasteiger charge is -2.21. The normalized spacial score (nSPS) is 14.3. The maximum absolute atomic E-state index is 13.1. The molecule has 570 valence electrons. The van der Waals surface area contributed by atoms with Gasteiger partial charge in [0.2, 0.25) is 0 Å². The molecule has 19 heteroatoms. The third-order valence-electron chi connectivity index (χ3n) is 16.7. The number of aliphatic hydroxyl groups excluding tert-OH is 1. The number of ether oxygens (including phenoxy) is 4. The second-order valence-electron chi connectivity index (χ2n) is 26.3. The highest BCUT2D eigenvalue weighted by Gasteiger charge is 2.30. The number of carbonyl (C=O) groups excluding carboxylic acids is 4. The molecule has 0 bridgehead atoms. The molecule has 0 amide bonds. The number of carbonyl (C=O) groups is 4. The number of phosphoric ester groups is 2. The van der Waals surface area contributed by atoms with Gasteiger partial charge in [-0.15, -0.1) is 0 Å². The Balaban J connectivity index is 5.35. The minimum Gasteiger partial charge on any atom is -0.462 e. The van der Waals surface area contributed by atoms with E-state index in [9.17, 15) is 43.2 Å². The molecule has 0 radical (unpaired) electrons. The van der Waals surface area contributed by atoms with Crippen molar-refractivity contribution >= 4 is 39.5 Å². The Kier molecular flexibility index (Phi) is 69.3. The minimum atomic E-state index is -4.98. The SMILES string of the molecule is CC/C=C\C/C=C\C/C=C\C/C=C\C/C=C\C/C=C\CCC(=O)OC[C@H](COP(=O)(O)OC[C@@H](O)COP(=O)(O)OC[C@@H](COC(=O)CCCCCCCCCCCCCCC)OC(=O)CCCCCCCCCCCCCCC)OC(=O)CCCCCCCCCCCCCCC. The third kappa shape index (κ3) is 70.9. The molecule has 5 atom stereocenters.